The maximum atomic E-state index is 5.33. The summed E-state index contributed by atoms with van der Waals surface area (Å²) in [5, 5.41) is 10.5. The van der Waals surface area contributed by atoms with Crippen molar-refractivity contribution in [1.82, 2.24) is 25.1 Å². The van der Waals surface area contributed by atoms with Crippen LogP contribution in [0.15, 0.2) is 6.33 Å². The van der Waals surface area contributed by atoms with Crippen molar-refractivity contribution in [2.75, 3.05) is 44.7 Å². The first-order chi connectivity index (χ1) is 9.34. The monoisotopic (exact) mass is 262 g/mol. The number of hydrogen-bond acceptors (Lipinski definition) is 6. The minimum Gasteiger partial charge on any atom is -0.379 e. The van der Waals surface area contributed by atoms with Gasteiger partial charge in [-0.1, -0.05) is 0 Å². The van der Waals surface area contributed by atoms with Crippen LogP contribution in [-0.4, -0.2) is 64.5 Å². The molecule has 1 saturated heterocycles. The molecule has 0 radical (unpaired) electrons. The van der Waals surface area contributed by atoms with E-state index in [4.69, 9.17) is 4.74 Å². The van der Waals surface area contributed by atoms with Gasteiger partial charge in [0.1, 0.15) is 11.8 Å². The summed E-state index contributed by atoms with van der Waals surface area (Å²) in [6.45, 7) is 7.45. The minimum atomic E-state index is 0.794. The fourth-order valence-electron chi connectivity index (χ4n) is 2.24. The number of aromatic nitrogens is 4. The highest BCUT2D eigenvalue weighted by molar-refractivity contribution is 5.86. The van der Waals surface area contributed by atoms with E-state index in [0.29, 0.717) is 0 Å². The highest BCUT2D eigenvalue weighted by atomic mass is 16.5. The minimum absolute atomic E-state index is 0.794. The van der Waals surface area contributed by atoms with Crippen molar-refractivity contribution in [2.45, 2.75) is 6.92 Å². The van der Waals surface area contributed by atoms with Crippen LogP contribution in [0.5, 0.6) is 0 Å². The number of hydrogen-bond donors (Lipinski definition) is 2. The molecular weight excluding hydrogens is 244 g/mol. The Bertz CT molecular complexity index is 548. The summed E-state index contributed by atoms with van der Waals surface area (Å²) < 4.78 is 5.33. The van der Waals surface area contributed by atoms with Crippen LogP contribution >= 0.6 is 0 Å². The van der Waals surface area contributed by atoms with Crippen LogP contribution < -0.4 is 5.32 Å². The van der Waals surface area contributed by atoms with Crippen LogP contribution in [0.3, 0.4) is 0 Å². The summed E-state index contributed by atoms with van der Waals surface area (Å²) >= 11 is 0. The van der Waals surface area contributed by atoms with Gasteiger partial charge in [0.05, 0.1) is 18.9 Å². The van der Waals surface area contributed by atoms with Gasteiger partial charge in [-0.05, 0) is 6.92 Å². The van der Waals surface area contributed by atoms with Crippen molar-refractivity contribution < 1.29 is 4.74 Å². The largest absolute Gasteiger partial charge is 0.379 e. The highest BCUT2D eigenvalue weighted by Gasteiger charge is 2.11. The number of H-pyrrole nitrogens is 1. The Hall–Kier alpha value is -1.73. The summed E-state index contributed by atoms with van der Waals surface area (Å²) in [6.07, 6.45) is 1.57. The van der Waals surface area contributed by atoms with Gasteiger partial charge < -0.3 is 10.1 Å². The lowest BCUT2D eigenvalue weighted by Crippen LogP contribution is -2.39. The van der Waals surface area contributed by atoms with Crippen molar-refractivity contribution in [3.63, 3.8) is 0 Å². The van der Waals surface area contributed by atoms with Crippen LogP contribution in [0.2, 0.25) is 0 Å². The number of ether oxygens (including phenoxy) is 1. The molecule has 102 valence electrons. The lowest BCUT2D eigenvalue weighted by atomic mass is 10.3. The van der Waals surface area contributed by atoms with Crippen LogP contribution in [0.25, 0.3) is 11.0 Å². The standard InChI is InChI=1S/C12H18N6O/c1-9-10-11(17-16-9)12(15-8-14-10)13-2-3-18-4-6-19-7-5-18/h8H,2-7H2,1H3,(H,16,17)(H,13,14,15). The fraction of sp³-hybridized carbons (Fsp3) is 0.583. The molecule has 7 heteroatoms. The molecule has 2 aromatic heterocycles. The highest BCUT2D eigenvalue weighted by Crippen LogP contribution is 2.18. The van der Waals surface area contributed by atoms with Crippen molar-refractivity contribution in [2.24, 2.45) is 0 Å². The van der Waals surface area contributed by atoms with Crippen LogP contribution in [-0.2, 0) is 4.74 Å². The normalized spacial score (nSPS) is 16.9. The molecule has 0 aliphatic carbocycles. The number of nitrogens with zero attached hydrogens (tertiary/aromatic N) is 4. The van der Waals surface area contributed by atoms with Gasteiger partial charge in [-0.15, -0.1) is 0 Å². The average molecular weight is 262 g/mol. The molecule has 0 aromatic carbocycles. The molecular formula is C12H18N6O. The predicted octanol–water partition coefficient (Wildman–Crippen LogP) is 0.405. The molecule has 3 rings (SSSR count). The number of rotatable bonds is 4. The smallest absolute Gasteiger partial charge is 0.157 e. The Morgan fingerprint density at radius 1 is 1.32 bits per heavy atom. The van der Waals surface area contributed by atoms with Gasteiger partial charge in [0.25, 0.3) is 0 Å². The van der Waals surface area contributed by atoms with Crippen molar-refractivity contribution in [3.05, 3.63) is 12.0 Å². The van der Waals surface area contributed by atoms with Gasteiger partial charge in [0, 0.05) is 26.2 Å². The maximum absolute atomic E-state index is 5.33. The first-order valence-electron chi connectivity index (χ1n) is 6.54. The summed E-state index contributed by atoms with van der Waals surface area (Å²) in [7, 11) is 0. The van der Waals surface area contributed by atoms with Gasteiger partial charge >= 0.3 is 0 Å². The van der Waals surface area contributed by atoms with E-state index < -0.39 is 0 Å². The summed E-state index contributed by atoms with van der Waals surface area (Å²) in [6, 6.07) is 0. The third-order valence-electron chi connectivity index (χ3n) is 3.34. The summed E-state index contributed by atoms with van der Waals surface area (Å²) in [4.78, 5) is 10.9. The van der Waals surface area contributed by atoms with Gasteiger partial charge in [-0.3, -0.25) is 10.00 Å². The van der Waals surface area contributed by atoms with Crippen molar-refractivity contribution in [1.29, 1.82) is 0 Å². The maximum Gasteiger partial charge on any atom is 0.157 e. The molecule has 0 amide bonds. The molecule has 19 heavy (non-hydrogen) atoms. The number of aromatic amines is 1. The molecule has 0 bridgehead atoms. The van der Waals surface area contributed by atoms with Crippen LogP contribution in [0.1, 0.15) is 5.69 Å². The predicted molar refractivity (Wildman–Crippen MR) is 72.2 cm³/mol. The molecule has 0 spiro atoms. The Balaban J connectivity index is 1.62. The number of anilines is 1. The molecule has 0 atom stereocenters. The van der Waals surface area contributed by atoms with E-state index in [1.165, 1.54) is 0 Å². The molecule has 1 aliphatic rings. The quantitative estimate of drug-likeness (QED) is 0.830. The van der Waals surface area contributed by atoms with Gasteiger partial charge in [-0.2, -0.15) is 5.10 Å². The summed E-state index contributed by atoms with van der Waals surface area (Å²) in [5.41, 5.74) is 2.65. The third kappa shape index (κ3) is 2.66. The van der Waals surface area contributed by atoms with Crippen LogP contribution in [0, 0.1) is 6.92 Å². The van der Waals surface area contributed by atoms with E-state index in [0.717, 1.165) is 61.9 Å². The van der Waals surface area contributed by atoms with Gasteiger partial charge in [0.15, 0.2) is 11.3 Å². The zero-order valence-corrected chi connectivity index (χ0v) is 11.0. The Kier molecular flexibility index (Phi) is 3.56. The molecule has 0 saturated carbocycles. The Morgan fingerprint density at radius 3 is 3.00 bits per heavy atom. The lowest BCUT2D eigenvalue weighted by Gasteiger charge is -2.26. The topological polar surface area (TPSA) is 79.0 Å². The number of aryl methyl sites for hydroxylation is 1. The number of morpholine rings is 1. The second-order valence-corrected chi connectivity index (χ2v) is 4.65. The number of nitrogens with one attached hydrogen (secondary N) is 2. The van der Waals surface area contributed by atoms with Gasteiger partial charge in [0.2, 0.25) is 0 Å². The van der Waals surface area contributed by atoms with E-state index in [1.807, 2.05) is 6.92 Å². The third-order valence-corrected chi connectivity index (χ3v) is 3.34. The van der Waals surface area contributed by atoms with Crippen LogP contribution in [0.4, 0.5) is 5.82 Å². The first kappa shape index (κ1) is 12.3. The Morgan fingerprint density at radius 2 is 2.16 bits per heavy atom. The molecule has 2 N–H and O–H groups in total. The van der Waals surface area contributed by atoms with Gasteiger partial charge in [-0.25, -0.2) is 9.97 Å². The van der Waals surface area contributed by atoms with Crippen molar-refractivity contribution >= 4 is 16.9 Å². The second-order valence-electron chi connectivity index (χ2n) is 4.65. The lowest BCUT2D eigenvalue weighted by molar-refractivity contribution is 0.0398. The SMILES string of the molecule is Cc1[nH]nc2c(NCCN3CCOCC3)ncnc12. The first-order valence-corrected chi connectivity index (χ1v) is 6.54. The average Bonchev–Trinajstić information content (AvgIpc) is 2.83. The number of fused-ring (bicyclic) bond motifs is 1. The molecule has 2 aromatic rings. The molecule has 0 unspecified atom stereocenters. The molecule has 7 nitrogen and oxygen atoms in total. The zero-order chi connectivity index (χ0) is 13.1. The molecule has 1 fully saturated rings. The van der Waals surface area contributed by atoms with E-state index in [-0.39, 0.29) is 0 Å². The second kappa shape index (κ2) is 5.50. The Labute approximate surface area is 111 Å². The van der Waals surface area contributed by atoms with E-state index in [9.17, 15) is 0 Å². The molecule has 3 heterocycles. The van der Waals surface area contributed by atoms with E-state index in [2.05, 4.69) is 30.4 Å². The molecule has 1 aliphatic heterocycles. The zero-order valence-electron chi connectivity index (χ0n) is 11.0. The van der Waals surface area contributed by atoms with E-state index >= 15 is 0 Å². The summed E-state index contributed by atoms with van der Waals surface area (Å²) in [5.74, 6) is 0.794. The van der Waals surface area contributed by atoms with Crippen molar-refractivity contribution in [3.8, 4) is 0 Å². The van der Waals surface area contributed by atoms with E-state index in [1.54, 1.807) is 6.33 Å². The fourth-order valence-corrected chi connectivity index (χ4v) is 2.24.